The second-order valence-electron chi connectivity index (χ2n) is 5.50. The van der Waals surface area contributed by atoms with Gasteiger partial charge in [-0.05, 0) is 37.1 Å². The Morgan fingerprint density at radius 3 is 2.54 bits per heavy atom. The van der Waals surface area contributed by atoms with E-state index in [0.29, 0.717) is 21.4 Å². The lowest BCUT2D eigenvalue weighted by molar-refractivity contribution is -0.144. The molecular formula is C17H17NO6S2. The number of nitrogens with zero attached hydrogens (tertiary/aromatic N) is 1. The Morgan fingerprint density at radius 1 is 1.31 bits per heavy atom. The summed E-state index contributed by atoms with van der Waals surface area (Å²) in [7, 11) is 0. The molecule has 7 nitrogen and oxygen atoms in total. The van der Waals surface area contributed by atoms with Crippen LogP contribution in [0.3, 0.4) is 0 Å². The van der Waals surface area contributed by atoms with E-state index in [2.05, 4.69) is 0 Å². The number of amides is 1. The van der Waals surface area contributed by atoms with E-state index in [1.807, 2.05) is 0 Å². The molecule has 1 aliphatic heterocycles. The lowest BCUT2D eigenvalue weighted by Crippen LogP contribution is -2.29. The van der Waals surface area contributed by atoms with Gasteiger partial charge in [-0.15, -0.1) is 0 Å². The highest BCUT2D eigenvalue weighted by atomic mass is 32.2. The first-order chi connectivity index (χ1) is 12.3. The molecule has 1 heterocycles. The Balaban J connectivity index is 2.03. The molecule has 1 atom stereocenters. The van der Waals surface area contributed by atoms with Crippen LogP contribution in [0.4, 0.5) is 0 Å². The van der Waals surface area contributed by atoms with Crippen LogP contribution in [0.15, 0.2) is 29.2 Å². The first-order valence-electron chi connectivity index (χ1n) is 7.74. The van der Waals surface area contributed by atoms with Gasteiger partial charge in [0.05, 0.1) is 4.91 Å². The van der Waals surface area contributed by atoms with Gasteiger partial charge in [0.15, 0.2) is 6.10 Å². The summed E-state index contributed by atoms with van der Waals surface area (Å²) in [4.78, 5) is 35.6. The van der Waals surface area contributed by atoms with Gasteiger partial charge >= 0.3 is 11.9 Å². The standard InChI is InChI=1S/C17H17NO6S2/c1-10(16(22)23)24-12-6-4-11(5-7-12)9-13-15(21)18(17(25)26-13)8-2-3-14(19)20/h4-7,9-10H,2-3,8H2,1H3,(H,19,20)(H,22,23)/b13-9-. The predicted molar refractivity (Wildman–Crippen MR) is 101 cm³/mol. The lowest BCUT2D eigenvalue weighted by Gasteiger charge is -2.13. The lowest BCUT2D eigenvalue weighted by atomic mass is 10.2. The zero-order valence-corrected chi connectivity index (χ0v) is 15.5. The topological polar surface area (TPSA) is 104 Å². The molecule has 1 aliphatic rings. The quantitative estimate of drug-likeness (QED) is 0.511. The van der Waals surface area contributed by atoms with Crippen LogP contribution < -0.4 is 4.74 Å². The monoisotopic (exact) mass is 395 g/mol. The zero-order valence-electron chi connectivity index (χ0n) is 13.9. The van der Waals surface area contributed by atoms with Crippen LogP contribution in [0, 0.1) is 0 Å². The third-order valence-corrected chi connectivity index (χ3v) is 4.86. The van der Waals surface area contributed by atoms with Gasteiger partial charge in [-0.2, -0.15) is 0 Å². The highest BCUT2D eigenvalue weighted by Crippen LogP contribution is 2.33. The number of hydrogen-bond acceptors (Lipinski definition) is 6. The predicted octanol–water partition coefficient (Wildman–Crippen LogP) is 2.60. The number of benzene rings is 1. The van der Waals surface area contributed by atoms with Crippen molar-refractivity contribution in [2.75, 3.05) is 6.54 Å². The van der Waals surface area contributed by atoms with Crippen molar-refractivity contribution in [1.29, 1.82) is 0 Å². The molecule has 1 amide bonds. The summed E-state index contributed by atoms with van der Waals surface area (Å²) in [6.07, 6.45) is 1.04. The molecule has 1 saturated heterocycles. The van der Waals surface area contributed by atoms with E-state index in [9.17, 15) is 14.4 Å². The molecule has 0 radical (unpaired) electrons. The van der Waals surface area contributed by atoms with Crippen LogP contribution in [-0.4, -0.2) is 49.9 Å². The number of rotatable bonds is 8. The fourth-order valence-corrected chi connectivity index (χ4v) is 3.44. The number of thiocarbonyl (C=S) groups is 1. The molecule has 0 aliphatic carbocycles. The van der Waals surface area contributed by atoms with E-state index in [0.717, 1.165) is 5.56 Å². The number of ether oxygens (including phenoxy) is 1. The smallest absolute Gasteiger partial charge is 0.344 e. The molecule has 0 saturated carbocycles. The van der Waals surface area contributed by atoms with Crippen LogP contribution in [0.5, 0.6) is 5.75 Å². The van der Waals surface area contributed by atoms with Crippen LogP contribution in [0.25, 0.3) is 6.08 Å². The molecule has 138 valence electrons. The van der Waals surface area contributed by atoms with Crippen molar-refractivity contribution in [1.82, 2.24) is 4.90 Å². The van der Waals surface area contributed by atoms with Gasteiger partial charge in [0.2, 0.25) is 0 Å². The molecule has 0 spiro atoms. The van der Waals surface area contributed by atoms with Crippen molar-refractivity contribution < 1.29 is 29.3 Å². The van der Waals surface area contributed by atoms with Gasteiger partial charge in [0, 0.05) is 13.0 Å². The molecule has 1 fully saturated rings. The van der Waals surface area contributed by atoms with E-state index < -0.39 is 18.0 Å². The minimum Gasteiger partial charge on any atom is -0.481 e. The van der Waals surface area contributed by atoms with Crippen LogP contribution in [0.1, 0.15) is 25.3 Å². The number of aliphatic carboxylic acids is 2. The van der Waals surface area contributed by atoms with Gasteiger partial charge in [0.1, 0.15) is 10.1 Å². The third kappa shape index (κ3) is 5.30. The minimum absolute atomic E-state index is 0.0215. The first kappa shape index (κ1) is 19.9. The average Bonchev–Trinajstić information content (AvgIpc) is 2.83. The van der Waals surface area contributed by atoms with E-state index in [-0.39, 0.29) is 18.9 Å². The molecule has 0 aromatic heterocycles. The summed E-state index contributed by atoms with van der Waals surface area (Å²) in [5.74, 6) is -1.80. The van der Waals surface area contributed by atoms with Gasteiger partial charge in [-0.1, -0.05) is 36.1 Å². The molecule has 26 heavy (non-hydrogen) atoms. The number of carboxylic acids is 2. The molecule has 2 rings (SSSR count). The Kier molecular flexibility index (Phi) is 6.76. The molecular weight excluding hydrogens is 378 g/mol. The van der Waals surface area contributed by atoms with Crippen molar-refractivity contribution in [3.63, 3.8) is 0 Å². The van der Waals surface area contributed by atoms with Gasteiger partial charge < -0.3 is 14.9 Å². The molecule has 1 aromatic rings. The molecule has 2 N–H and O–H groups in total. The SMILES string of the molecule is CC(Oc1ccc(/C=C2\SC(=S)N(CCCC(=O)O)C2=O)cc1)C(=O)O. The maximum absolute atomic E-state index is 12.4. The number of thioether (sulfide) groups is 1. The largest absolute Gasteiger partial charge is 0.481 e. The van der Waals surface area contributed by atoms with E-state index in [1.54, 1.807) is 30.3 Å². The van der Waals surface area contributed by atoms with Crippen molar-refractivity contribution >= 4 is 52.2 Å². The molecule has 1 unspecified atom stereocenters. The Hall–Kier alpha value is -2.39. The van der Waals surface area contributed by atoms with Gasteiger partial charge in [0.25, 0.3) is 5.91 Å². The van der Waals surface area contributed by atoms with E-state index in [1.165, 1.54) is 23.6 Å². The first-order valence-corrected chi connectivity index (χ1v) is 8.97. The fraction of sp³-hybridized carbons (Fsp3) is 0.294. The maximum atomic E-state index is 12.4. The molecule has 0 bridgehead atoms. The van der Waals surface area contributed by atoms with Crippen molar-refractivity contribution in [2.45, 2.75) is 25.9 Å². The van der Waals surface area contributed by atoms with E-state index >= 15 is 0 Å². The average molecular weight is 395 g/mol. The van der Waals surface area contributed by atoms with Gasteiger partial charge in [-0.25, -0.2) is 4.79 Å². The minimum atomic E-state index is -1.05. The highest BCUT2D eigenvalue weighted by Gasteiger charge is 2.31. The molecule has 9 heteroatoms. The summed E-state index contributed by atoms with van der Waals surface area (Å²) in [6, 6.07) is 6.67. The summed E-state index contributed by atoms with van der Waals surface area (Å²) < 4.78 is 5.65. The van der Waals surface area contributed by atoms with Crippen LogP contribution in [-0.2, 0) is 14.4 Å². The third-order valence-electron chi connectivity index (χ3n) is 3.48. The number of carboxylic acid groups (broad SMARTS) is 2. The molecule has 1 aromatic carbocycles. The van der Waals surface area contributed by atoms with E-state index in [4.69, 9.17) is 27.2 Å². The highest BCUT2D eigenvalue weighted by molar-refractivity contribution is 8.26. The fourth-order valence-electron chi connectivity index (χ4n) is 2.13. The Morgan fingerprint density at radius 2 is 1.96 bits per heavy atom. The maximum Gasteiger partial charge on any atom is 0.344 e. The summed E-state index contributed by atoms with van der Waals surface area (Å²) in [5, 5.41) is 17.5. The number of carbonyl (C=O) groups excluding carboxylic acids is 1. The van der Waals surface area contributed by atoms with Crippen molar-refractivity contribution in [2.24, 2.45) is 0 Å². The second-order valence-corrected chi connectivity index (χ2v) is 7.17. The van der Waals surface area contributed by atoms with Gasteiger partial charge in [-0.3, -0.25) is 14.5 Å². The number of carbonyl (C=O) groups is 3. The van der Waals surface area contributed by atoms with Crippen LogP contribution in [0.2, 0.25) is 0 Å². The van der Waals surface area contributed by atoms with Crippen LogP contribution >= 0.6 is 24.0 Å². The number of hydrogen-bond donors (Lipinski definition) is 2. The van der Waals surface area contributed by atoms with Crippen molar-refractivity contribution in [3.05, 3.63) is 34.7 Å². The summed E-state index contributed by atoms with van der Waals surface area (Å²) in [6.45, 7) is 1.71. The Bertz CT molecular complexity index is 759. The van der Waals surface area contributed by atoms with Crippen molar-refractivity contribution in [3.8, 4) is 5.75 Å². The summed E-state index contributed by atoms with van der Waals surface area (Å²) in [5.41, 5.74) is 0.742. The zero-order chi connectivity index (χ0) is 19.3. The Labute approximate surface area is 159 Å². The normalized spacial score (nSPS) is 16.8. The summed E-state index contributed by atoms with van der Waals surface area (Å²) >= 11 is 6.35. The second kappa shape index (κ2) is 8.81.